The number of carbonyl (C=O) groups excluding carboxylic acids is 3. The fourth-order valence-corrected chi connectivity index (χ4v) is 4.78. The molecule has 2 N–H and O–H groups in total. The average Bonchev–Trinajstić information content (AvgIpc) is 3.62. The number of para-hydroxylation sites is 1. The van der Waals surface area contributed by atoms with E-state index in [4.69, 9.17) is 0 Å². The molecule has 0 unspecified atom stereocenters. The van der Waals surface area contributed by atoms with Crippen molar-refractivity contribution >= 4 is 23.4 Å². The fraction of sp³-hybridized carbons (Fsp3) is 0.423. The standard InChI is InChI=1S/C26H24F7N3O3/c1-13-6-11-20(36(13)23(38)17-4-2-3-5-19(17)34-24(39)26(31,32)33)22(37)35-21(14-7-8-14)16-10-9-15(12-18(16)27)25(28,29)30/h2-5,9-10,12-14,20-21H,6-8,11H2,1H3,(H,34,39)(H,35,37)/t13-,20-,21-/m1/s1. The third kappa shape index (κ3) is 6.17. The Balaban J connectivity index is 1.57. The lowest BCUT2D eigenvalue weighted by Crippen LogP contribution is -2.49. The van der Waals surface area contributed by atoms with Crippen LogP contribution in [0.1, 0.15) is 60.1 Å². The number of likely N-dealkylation sites (tertiary alicyclic amines) is 1. The maximum atomic E-state index is 14.7. The summed E-state index contributed by atoms with van der Waals surface area (Å²) in [5, 5.41) is 4.37. The van der Waals surface area contributed by atoms with Gasteiger partial charge in [-0.15, -0.1) is 0 Å². The number of carbonyl (C=O) groups is 3. The number of rotatable bonds is 6. The maximum absolute atomic E-state index is 14.7. The number of nitrogens with zero attached hydrogens (tertiary/aromatic N) is 1. The second-order valence-electron chi connectivity index (χ2n) is 9.71. The molecule has 2 aliphatic rings. The molecule has 39 heavy (non-hydrogen) atoms. The van der Waals surface area contributed by atoms with E-state index in [9.17, 15) is 45.1 Å². The molecule has 1 aliphatic heterocycles. The zero-order chi connectivity index (χ0) is 28.7. The lowest BCUT2D eigenvalue weighted by molar-refractivity contribution is -0.167. The third-order valence-corrected chi connectivity index (χ3v) is 6.92. The molecule has 2 aromatic rings. The summed E-state index contributed by atoms with van der Waals surface area (Å²) >= 11 is 0. The van der Waals surface area contributed by atoms with Crippen LogP contribution in [0.15, 0.2) is 42.5 Å². The first kappa shape index (κ1) is 28.4. The predicted octanol–water partition coefficient (Wildman–Crippen LogP) is 5.61. The molecule has 13 heteroatoms. The third-order valence-electron chi connectivity index (χ3n) is 6.92. The van der Waals surface area contributed by atoms with E-state index in [1.54, 1.807) is 12.2 Å². The van der Waals surface area contributed by atoms with Gasteiger partial charge in [0.1, 0.15) is 11.9 Å². The van der Waals surface area contributed by atoms with Crippen molar-refractivity contribution in [1.29, 1.82) is 0 Å². The first-order chi connectivity index (χ1) is 18.2. The van der Waals surface area contributed by atoms with Crippen LogP contribution in [0.5, 0.6) is 0 Å². The van der Waals surface area contributed by atoms with Gasteiger partial charge in [-0.3, -0.25) is 14.4 Å². The highest BCUT2D eigenvalue weighted by Gasteiger charge is 2.44. The molecule has 1 saturated carbocycles. The van der Waals surface area contributed by atoms with Gasteiger partial charge in [-0.1, -0.05) is 18.2 Å². The first-order valence-corrected chi connectivity index (χ1v) is 12.2. The number of benzene rings is 2. The highest BCUT2D eigenvalue weighted by Crippen LogP contribution is 2.43. The van der Waals surface area contributed by atoms with Crippen molar-refractivity contribution in [3.63, 3.8) is 0 Å². The average molecular weight is 559 g/mol. The van der Waals surface area contributed by atoms with Crippen LogP contribution >= 0.6 is 0 Å². The van der Waals surface area contributed by atoms with Crippen molar-refractivity contribution in [1.82, 2.24) is 10.2 Å². The molecule has 2 fully saturated rings. The van der Waals surface area contributed by atoms with E-state index in [2.05, 4.69) is 5.32 Å². The summed E-state index contributed by atoms with van der Waals surface area (Å²) in [6, 6.07) is 4.67. The van der Waals surface area contributed by atoms with Gasteiger partial charge in [0.2, 0.25) is 5.91 Å². The van der Waals surface area contributed by atoms with Crippen LogP contribution in [0, 0.1) is 11.7 Å². The van der Waals surface area contributed by atoms with Gasteiger partial charge in [0.25, 0.3) is 5.91 Å². The largest absolute Gasteiger partial charge is 0.471 e. The van der Waals surface area contributed by atoms with E-state index < -0.39 is 59.6 Å². The molecule has 2 aromatic carbocycles. The monoisotopic (exact) mass is 559 g/mol. The van der Waals surface area contributed by atoms with E-state index >= 15 is 0 Å². The van der Waals surface area contributed by atoms with Crippen LogP contribution in [0.2, 0.25) is 0 Å². The van der Waals surface area contributed by atoms with Crippen molar-refractivity contribution in [2.45, 2.75) is 63.1 Å². The van der Waals surface area contributed by atoms with E-state index in [1.807, 2.05) is 0 Å². The van der Waals surface area contributed by atoms with Gasteiger partial charge < -0.3 is 15.5 Å². The second-order valence-corrected chi connectivity index (χ2v) is 9.71. The summed E-state index contributed by atoms with van der Waals surface area (Å²) < 4.78 is 92.1. The van der Waals surface area contributed by atoms with Crippen molar-refractivity contribution in [3.8, 4) is 0 Å². The Morgan fingerprint density at radius 2 is 1.62 bits per heavy atom. The minimum Gasteiger partial charge on any atom is -0.347 e. The number of nitrogens with one attached hydrogen (secondary N) is 2. The molecule has 1 saturated heterocycles. The molecule has 3 amide bonds. The van der Waals surface area contributed by atoms with Gasteiger partial charge in [0, 0.05) is 11.6 Å². The summed E-state index contributed by atoms with van der Waals surface area (Å²) in [7, 11) is 0. The molecule has 0 bridgehead atoms. The lowest BCUT2D eigenvalue weighted by atomic mass is 9.99. The summed E-state index contributed by atoms with van der Waals surface area (Å²) in [6.45, 7) is 1.65. The Kier molecular flexibility index (Phi) is 7.63. The van der Waals surface area contributed by atoms with Gasteiger partial charge in [-0.25, -0.2) is 4.39 Å². The van der Waals surface area contributed by atoms with Crippen LogP contribution in [0.4, 0.5) is 36.4 Å². The molecule has 6 nitrogen and oxygen atoms in total. The zero-order valence-corrected chi connectivity index (χ0v) is 20.5. The second kappa shape index (κ2) is 10.5. The minimum absolute atomic E-state index is 0.108. The Labute approximate surface area is 218 Å². The quantitative estimate of drug-likeness (QED) is 0.452. The molecule has 4 rings (SSSR count). The lowest BCUT2D eigenvalue weighted by Gasteiger charge is -2.30. The Bertz CT molecular complexity index is 1270. The molecular weight excluding hydrogens is 535 g/mol. The molecule has 3 atom stereocenters. The molecule has 0 spiro atoms. The van der Waals surface area contributed by atoms with E-state index in [-0.39, 0.29) is 29.2 Å². The smallest absolute Gasteiger partial charge is 0.347 e. The first-order valence-electron chi connectivity index (χ1n) is 12.2. The number of anilines is 1. The van der Waals surface area contributed by atoms with Crippen LogP contribution in [-0.4, -0.2) is 40.9 Å². The summed E-state index contributed by atoms with van der Waals surface area (Å²) in [6.07, 6.45) is -8.13. The molecule has 0 radical (unpaired) electrons. The minimum atomic E-state index is -5.19. The zero-order valence-electron chi connectivity index (χ0n) is 20.5. The molecule has 210 valence electrons. The van der Waals surface area contributed by atoms with Gasteiger partial charge in [-0.2, -0.15) is 26.3 Å². The number of halogens is 7. The fourth-order valence-electron chi connectivity index (χ4n) is 4.78. The molecular formula is C26H24F7N3O3. The van der Waals surface area contributed by atoms with Gasteiger partial charge in [0.05, 0.1) is 22.9 Å². The van der Waals surface area contributed by atoms with Crippen molar-refractivity contribution in [2.24, 2.45) is 5.92 Å². The van der Waals surface area contributed by atoms with Crippen LogP contribution in [0.3, 0.4) is 0 Å². The van der Waals surface area contributed by atoms with E-state index in [0.29, 0.717) is 25.3 Å². The van der Waals surface area contributed by atoms with Crippen LogP contribution < -0.4 is 10.6 Å². The van der Waals surface area contributed by atoms with Gasteiger partial charge in [0.15, 0.2) is 0 Å². The van der Waals surface area contributed by atoms with Crippen molar-refractivity contribution in [3.05, 3.63) is 65.0 Å². The summed E-state index contributed by atoms with van der Waals surface area (Å²) in [5.74, 6) is -5.05. The normalized spacial score (nSPS) is 20.5. The number of hydrogen-bond donors (Lipinski definition) is 2. The highest BCUT2D eigenvalue weighted by molar-refractivity contribution is 6.06. The van der Waals surface area contributed by atoms with Crippen molar-refractivity contribution in [2.75, 3.05) is 5.32 Å². The Morgan fingerprint density at radius 3 is 2.21 bits per heavy atom. The SMILES string of the molecule is C[C@@H]1CC[C@H](C(=O)N[C@@H](c2ccc(C(F)(F)F)cc2F)C2CC2)N1C(=O)c1ccccc1NC(=O)C(F)(F)F. The molecule has 0 aromatic heterocycles. The molecule has 1 heterocycles. The maximum Gasteiger partial charge on any atom is 0.471 e. The van der Waals surface area contributed by atoms with Gasteiger partial charge >= 0.3 is 18.3 Å². The van der Waals surface area contributed by atoms with E-state index in [1.165, 1.54) is 23.1 Å². The van der Waals surface area contributed by atoms with Gasteiger partial charge in [-0.05, 0) is 62.8 Å². The predicted molar refractivity (Wildman–Crippen MR) is 125 cm³/mol. The van der Waals surface area contributed by atoms with Crippen LogP contribution in [0.25, 0.3) is 0 Å². The Hall–Kier alpha value is -3.64. The van der Waals surface area contributed by atoms with E-state index in [0.717, 1.165) is 18.2 Å². The highest BCUT2D eigenvalue weighted by atomic mass is 19.4. The Morgan fingerprint density at radius 1 is 0.949 bits per heavy atom. The van der Waals surface area contributed by atoms with Crippen molar-refractivity contribution < 1.29 is 45.1 Å². The summed E-state index contributed by atoms with van der Waals surface area (Å²) in [5.41, 5.74) is -1.91. The molecule has 1 aliphatic carbocycles. The summed E-state index contributed by atoms with van der Waals surface area (Å²) in [4.78, 5) is 39.5. The number of amides is 3. The number of alkyl halides is 6. The van der Waals surface area contributed by atoms with Crippen LogP contribution in [-0.2, 0) is 15.8 Å². The topological polar surface area (TPSA) is 78.5 Å². The number of hydrogen-bond acceptors (Lipinski definition) is 3.